The molecular formula is C26H25FN4O3P2. The molecular weight excluding hydrogens is 497 g/mol. The molecule has 10 heteroatoms. The summed E-state index contributed by atoms with van der Waals surface area (Å²) < 4.78 is 26.2. The summed E-state index contributed by atoms with van der Waals surface area (Å²) in [6, 6.07) is 21.9. The summed E-state index contributed by atoms with van der Waals surface area (Å²) in [4.78, 5) is 21.5. The Labute approximate surface area is 213 Å². The number of nitrogens with zero attached hydrogens (tertiary/aromatic N) is 3. The van der Waals surface area contributed by atoms with Crippen LogP contribution in [0.5, 0.6) is 17.4 Å². The third-order valence-electron chi connectivity index (χ3n) is 4.92. The molecule has 1 heterocycles. The molecule has 0 aliphatic heterocycles. The predicted molar refractivity (Wildman–Crippen MR) is 146 cm³/mol. The van der Waals surface area contributed by atoms with E-state index in [-0.39, 0.29) is 35.7 Å². The number of aromatic nitrogens is 2. The molecule has 2 unspecified atom stereocenters. The standard InChI is InChI=1S/C26H25FN4O3P2/c1-2-33-25-24(30-23(15-28-25)29-18-12-21(35)14-22(36)13-18)26(32)31(27)16-17-8-10-20(11-9-17)34-19-6-4-3-5-7-19/h3-15H,2,16,35-36H2,1H3,(H,29,30). The molecule has 0 aliphatic carbocycles. The minimum absolute atomic E-state index is 0.0335. The van der Waals surface area contributed by atoms with E-state index in [1.54, 1.807) is 31.2 Å². The fourth-order valence-corrected chi connectivity index (χ4v) is 4.29. The predicted octanol–water partition coefficient (Wildman–Crippen LogP) is 4.94. The molecule has 1 aromatic heterocycles. The van der Waals surface area contributed by atoms with Crippen LogP contribution in [0.2, 0.25) is 0 Å². The Balaban J connectivity index is 1.49. The molecule has 1 N–H and O–H groups in total. The second-order valence-corrected chi connectivity index (χ2v) is 9.07. The van der Waals surface area contributed by atoms with Gasteiger partial charge in [0.1, 0.15) is 17.3 Å². The molecule has 184 valence electrons. The van der Waals surface area contributed by atoms with E-state index >= 15 is 4.48 Å². The first-order chi connectivity index (χ1) is 17.4. The molecule has 0 saturated heterocycles. The van der Waals surface area contributed by atoms with Crippen LogP contribution in [-0.4, -0.2) is 27.6 Å². The number of hydrogen-bond donors (Lipinski definition) is 1. The molecule has 0 spiro atoms. The van der Waals surface area contributed by atoms with Gasteiger partial charge in [-0.25, -0.2) is 9.97 Å². The largest absolute Gasteiger partial charge is 0.476 e. The molecule has 0 aliphatic rings. The number of hydrogen-bond acceptors (Lipinski definition) is 6. The SMILES string of the molecule is CCOc1ncc(Nc2cc(P)cc(P)c2)nc1C(=O)N(F)Cc1ccc(Oc2ccccc2)cc1. The van der Waals surface area contributed by atoms with Gasteiger partial charge < -0.3 is 14.8 Å². The van der Waals surface area contributed by atoms with Crippen LogP contribution in [0.4, 0.5) is 16.0 Å². The number of ether oxygens (including phenoxy) is 2. The third-order valence-corrected chi connectivity index (χ3v) is 5.58. The van der Waals surface area contributed by atoms with E-state index in [4.69, 9.17) is 9.47 Å². The zero-order valence-electron chi connectivity index (χ0n) is 19.5. The van der Waals surface area contributed by atoms with E-state index in [0.29, 0.717) is 17.1 Å². The molecule has 3 aromatic carbocycles. The summed E-state index contributed by atoms with van der Waals surface area (Å²) in [5, 5.41) is 5.13. The fourth-order valence-electron chi connectivity index (χ4n) is 3.35. The second kappa shape index (κ2) is 11.9. The zero-order valence-corrected chi connectivity index (χ0v) is 21.8. The maximum atomic E-state index is 15.0. The Kier molecular flexibility index (Phi) is 8.42. The number of nitrogens with one attached hydrogen (secondary N) is 1. The van der Waals surface area contributed by atoms with Gasteiger partial charge in [0.15, 0.2) is 5.69 Å². The van der Waals surface area contributed by atoms with Crippen molar-refractivity contribution in [2.75, 3.05) is 11.9 Å². The number of carbonyl (C=O) groups is 1. The minimum Gasteiger partial charge on any atom is -0.476 e. The molecule has 2 atom stereocenters. The lowest BCUT2D eigenvalue weighted by molar-refractivity contribution is 0.0137. The van der Waals surface area contributed by atoms with Crippen molar-refractivity contribution in [2.45, 2.75) is 13.5 Å². The van der Waals surface area contributed by atoms with Crippen LogP contribution in [0.3, 0.4) is 0 Å². The number of halogens is 1. The van der Waals surface area contributed by atoms with Crippen molar-refractivity contribution in [1.29, 1.82) is 0 Å². The molecule has 1 amide bonds. The van der Waals surface area contributed by atoms with Crippen LogP contribution >= 0.6 is 18.5 Å². The van der Waals surface area contributed by atoms with E-state index in [2.05, 4.69) is 33.8 Å². The summed E-state index contributed by atoms with van der Waals surface area (Å²) in [5.74, 6) is 0.603. The Hall–Kier alpha value is -3.60. The van der Waals surface area contributed by atoms with E-state index in [9.17, 15) is 4.79 Å². The Morgan fingerprint density at radius 3 is 2.33 bits per heavy atom. The highest BCUT2D eigenvalue weighted by atomic mass is 31.0. The monoisotopic (exact) mass is 522 g/mol. The first-order valence-electron chi connectivity index (χ1n) is 11.1. The van der Waals surface area contributed by atoms with Crippen molar-refractivity contribution in [1.82, 2.24) is 15.1 Å². The van der Waals surface area contributed by atoms with Gasteiger partial charge in [0, 0.05) is 5.69 Å². The van der Waals surface area contributed by atoms with Crippen molar-refractivity contribution < 1.29 is 18.7 Å². The van der Waals surface area contributed by atoms with E-state index in [1.165, 1.54) is 6.20 Å². The van der Waals surface area contributed by atoms with Crippen LogP contribution < -0.4 is 25.4 Å². The van der Waals surface area contributed by atoms with Crippen LogP contribution in [0, 0.1) is 0 Å². The minimum atomic E-state index is -0.953. The van der Waals surface area contributed by atoms with Gasteiger partial charge in [-0.1, -0.05) is 34.8 Å². The highest BCUT2D eigenvalue weighted by Crippen LogP contribution is 2.24. The van der Waals surface area contributed by atoms with Crippen molar-refractivity contribution in [3.63, 3.8) is 0 Å². The van der Waals surface area contributed by atoms with Gasteiger partial charge in [-0.2, -0.15) is 5.12 Å². The van der Waals surface area contributed by atoms with Crippen molar-refractivity contribution in [3.05, 3.63) is 90.3 Å². The summed E-state index contributed by atoms with van der Waals surface area (Å²) in [5.41, 5.74) is 1.11. The number of carbonyl (C=O) groups excluding carboxylic acids is 1. The summed E-state index contributed by atoms with van der Waals surface area (Å²) in [6.07, 6.45) is 1.44. The van der Waals surface area contributed by atoms with E-state index in [1.807, 2.05) is 48.5 Å². The number of amides is 1. The fraction of sp³-hybridized carbons (Fsp3) is 0.115. The third kappa shape index (κ3) is 6.75. The summed E-state index contributed by atoms with van der Waals surface area (Å²) in [6.45, 7) is 1.72. The molecule has 36 heavy (non-hydrogen) atoms. The topological polar surface area (TPSA) is 76.6 Å². The Bertz CT molecular complexity index is 1320. The van der Waals surface area contributed by atoms with E-state index < -0.39 is 5.91 Å². The molecule has 0 fully saturated rings. The van der Waals surface area contributed by atoms with Crippen LogP contribution in [0.1, 0.15) is 23.0 Å². The van der Waals surface area contributed by atoms with Crippen LogP contribution in [0.25, 0.3) is 0 Å². The zero-order chi connectivity index (χ0) is 25.5. The first kappa shape index (κ1) is 25.5. The second-order valence-electron chi connectivity index (χ2n) is 7.74. The van der Waals surface area contributed by atoms with Gasteiger partial charge in [0.2, 0.25) is 5.88 Å². The molecule has 4 rings (SSSR count). The van der Waals surface area contributed by atoms with Crippen molar-refractivity contribution in [2.24, 2.45) is 0 Å². The molecule has 7 nitrogen and oxygen atoms in total. The van der Waals surface area contributed by atoms with Crippen molar-refractivity contribution >= 4 is 46.5 Å². The maximum Gasteiger partial charge on any atom is 0.306 e. The van der Waals surface area contributed by atoms with Crippen LogP contribution in [0.15, 0.2) is 79.0 Å². The van der Waals surface area contributed by atoms with E-state index in [0.717, 1.165) is 16.3 Å². The summed E-state index contributed by atoms with van der Waals surface area (Å²) in [7, 11) is 5.25. The molecule has 0 bridgehead atoms. The maximum absolute atomic E-state index is 15.0. The average Bonchev–Trinajstić information content (AvgIpc) is 2.86. The number of rotatable bonds is 9. The normalized spacial score (nSPS) is 10.6. The summed E-state index contributed by atoms with van der Waals surface area (Å²) >= 11 is 0. The quantitative estimate of drug-likeness (QED) is 0.248. The number of anilines is 2. The number of benzene rings is 3. The molecule has 0 radical (unpaired) electrons. The smallest absolute Gasteiger partial charge is 0.306 e. The average molecular weight is 522 g/mol. The molecule has 4 aromatic rings. The first-order valence-corrected chi connectivity index (χ1v) is 12.3. The number of para-hydroxylation sites is 1. The molecule has 0 saturated carbocycles. The van der Waals surface area contributed by atoms with Crippen LogP contribution in [-0.2, 0) is 6.54 Å². The van der Waals surface area contributed by atoms with Gasteiger partial charge in [0.05, 0.1) is 19.3 Å². The lowest BCUT2D eigenvalue weighted by Gasteiger charge is -2.15. The highest BCUT2D eigenvalue weighted by molar-refractivity contribution is 7.29. The van der Waals surface area contributed by atoms with Crippen molar-refractivity contribution in [3.8, 4) is 17.4 Å². The van der Waals surface area contributed by atoms with Gasteiger partial charge in [-0.3, -0.25) is 4.79 Å². The Morgan fingerprint density at radius 1 is 1.00 bits per heavy atom. The van der Waals surface area contributed by atoms with Gasteiger partial charge >= 0.3 is 5.91 Å². The van der Waals surface area contributed by atoms with Gasteiger partial charge in [-0.05, 0) is 65.6 Å². The van der Waals surface area contributed by atoms with Gasteiger partial charge in [0.25, 0.3) is 0 Å². The van der Waals surface area contributed by atoms with Gasteiger partial charge in [-0.15, -0.1) is 18.5 Å². The lowest BCUT2D eigenvalue weighted by Crippen LogP contribution is -2.25. The Morgan fingerprint density at radius 2 is 1.67 bits per heavy atom. The lowest BCUT2D eigenvalue weighted by atomic mass is 10.2. The highest BCUT2D eigenvalue weighted by Gasteiger charge is 2.24.